The summed E-state index contributed by atoms with van der Waals surface area (Å²) in [4.78, 5) is 10.7. The lowest BCUT2D eigenvalue weighted by Gasteiger charge is -2.13. The van der Waals surface area contributed by atoms with Crippen LogP contribution in [0, 0.1) is 0 Å². The third-order valence-electron chi connectivity index (χ3n) is 3.56. The Morgan fingerprint density at radius 1 is 1.18 bits per heavy atom. The van der Waals surface area contributed by atoms with Gasteiger partial charge in [-0.15, -0.1) is 6.58 Å². The highest BCUT2D eigenvalue weighted by atomic mass is 35.5. The van der Waals surface area contributed by atoms with Gasteiger partial charge >= 0.3 is 6.03 Å². The molecule has 3 N–H and O–H groups in total. The molecule has 0 saturated heterocycles. The Hall–Kier alpha value is -3.19. The van der Waals surface area contributed by atoms with E-state index >= 15 is 0 Å². The van der Waals surface area contributed by atoms with Gasteiger partial charge in [0.05, 0.1) is 13.3 Å². The van der Waals surface area contributed by atoms with Crippen LogP contribution in [0.15, 0.2) is 54.2 Å². The third-order valence-corrected chi connectivity index (χ3v) is 3.79. The number of allylic oxidation sites excluding steroid dienone is 1. The fourth-order valence-corrected chi connectivity index (χ4v) is 2.53. The third kappa shape index (κ3) is 6.51. The maximum atomic E-state index is 10.7. The Kier molecular flexibility index (Phi) is 8.17. The van der Waals surface area contributed by atoms with Gasteiger partial charge in [-0.2, -0.15) is 5.10 Å². The zero-order valence-electron chi connectivity index (χ0n) is 15.5. The largest absolute Gasteiger partial charge is 0.493 e. The number of methoxy groups -OCH3 is 1. The highest BCUT2D eigenvalue weighted by molar-refractivity contribution is 6.30. The minimum Gasteiger partial charge on any atom is -0.493 e. The summed E-state index contributed by atoms with van der Waals surface area (Å²) in [5, 5.41) is 4.23. The van der Waals surface area contributed by atoms with Crippen LogP contribution in [-0.4, -0.2) is 32.6 Å². The summed E-state index contributed by atoms with van der Waals surface area (Å²) in [5.74, 6) is 1.81. The van der Waals surface area contributed by atoms with Crippen LogP contribution in [0.25, 0.3) is 0 Å². The fraction of sp³-hybridized carbons (Fsp3) is 0.200. The SMILES string of the molecule is C=CCc1ccc(OCCOc2ccc(Cl)cc2C=NNC(N)=O)c(OC)c1. The fourth-order valence-electron chi connectivity index (χ4n) is 2.35. The van der Waals surface area contributed by atoms with Crippen LogP contribution < -0.4 is 25.4 Å². The van der Waals surface area contributed by atoms with Crippen molar-refractivity contribution in [1.29, 1.82) is 0 Å². The standard InChI is InChI=1S/C20H22ClN3O4/c1-3-4-14-5-7-18(19(11-14)26-2)28-10-9-27-17-8-6-16(21)12-15(17)13-23-24-20(22)25/h3,5-8,11-13H,1,4,9-10H2,2H3,(H3,22,24,25). The number of benzene rings is 2. The molecule has 148 valence electrons. The van der Waals surface area contributed by atoms with Crippen molar-refractivity contribution in [3.8, 4) is 17.2 Å². The Labute approximate surface area is 168 Å². The zero-order chi connectivity index (χ0) is 20.4. The van der Waals surface area contributed by atoms with Gasteiger partial charge in [0.2, 0.25) is 0 Å². The molecule has 0 aliphatic rings. The molecule has 28 heavy (non-hydrogen) atoms. The minimum atomic E-state index is -0.762. The van der Waals surface area contributed by atoms with E-state index in [-0.39, 0.29) is 6.61 Å². The van der Waals surface area contributed by atoms with Gasteiger partial charge < -0.3 is 19.9 Å². The van der Waals surface area contributed by atoms with E-state index in [4.69, 9.17) is 31.5 Å². The first-order valence-corrected chi connectivity index (χ1v) is 8.82. The summed E-state index contributed by atoms with van der Waals surface area (Å²) >= 11 is 5.99. The summed E-state index contributed by atoms with van der Waals surface area (Å²) in [6.07, 6.45) is 3.98. The van der Waals surface area contributed by atoms with Gasteiger partial charge in [0.15, 0.2) is 11.5 Å². The number of nitrogens with one attached hydrogen (secondary N) is 1. The van der Waals surface area contributed by atoms with Gasteiger partial charge in [-0.05, 0) is 42.3 Å². The van der Waals surface area contributed by atoms with E-state index < -0.39 is 6.03 Å². The molecule has 0 saturated carbocycles. The number of carbonyl (C=O) groups excluding carboxylic acids is 1. The van der Waals surface area contributed by atoms with Crippen LogP contribution in [0.2, 0.25) is 5.02 Å². The molecule has 2 aromatic rings. The predicted octanol–water partition coefficient (Wildman–Crippen LogP) is 3.54. The second-order valence-corrected chi connectivity index (χ2v) is 6.03. The van der Waals surface area contributed by atoms with Gasteiger partial charge in [-0.3, -0.25) is 0 Å². The van der Waals surface area contributed by atoms with Gasteiger partial charge in [0, 0.05) is 10.6 Å². The van der Waals surface area contributed by atoms with Crippen LogP contribution in [0.4, 0.5) is 4.79 Å². The average Bonchev–Trinajstić information content (AvgIpc) is 2.67. The Morgan fingerprint density at radius 3 is 2.57 bits per heavy atom. The second-order valence-electron chi connectivity index (χ2n) is 5.59. The van der Waals surface area contributed by atoms with Crippen molar-refractivity contribution in [2.24, 2.45) is 10.8 Å². The van der Waals surface area contributed by atoms with Crippen molar-refractivity contribution in [1.82, 2.24) is 5.43 Å². The number of hydrogen-bond donors (Lipinski definition) is 2. The van der Waals surface area contributed by atoms with E-state index in [2.05, 4.69) is 17.1 Å². The topological polar surface area (TPSA) is 95.2 Å². The molecule has 7 nitrogen and oxygen atoms in total. The molecular formula is C20H22ClN3O4. The molecule has 0 bridgehead atoms. The van der Waals surface area contributed by atoms with E-state index in [1.165, 1.54) is 6.21 Å². The van der Waals surface area contributed by atoms with E-state index in [1.807, 2.05) is 24.3 Å². The summed E-state index contributed by atoms with van der Waals surface area (Å²) in [5.41, 5.74) is 8.77. The maximum Gasteiger partial charge on any atom is 0.332 e. The number of nitrogens with zero attached hydrogens (tertiary/aromatic N) is 1. The summed E-state index contributed by atoms with van der Waals surface area (Å²) in [6, 6.07) is 10.0. The van der Waals surface area contributed by atoms with Crippen molar-refractivity contribution in [2.75, 3.05) is 20.3 Å². The average molecular weight is 404 g/mol. The number of ether oxygens (including phenoxy) is 3. The molecule has 2 rings (SSSR count). The van der Waals surface area contributed by atoms with Crippen molar-refractivity contribution in [2.45, 2.75) is 6.42 Å². The van der Waals surface area contributed by atoms with Crippen molar-refractivity contribution >= 4 is 23.8 Å². The Balaban J connectivity index is 1.95. The van der Waals surface area contributed by atoms with Gasteiger partial charge in [0.25, 0.3) is 0 Å². The number of urea groups is 1. The van der Waals surface area contributed by atoms with Crippen molar-refractivity contribution < 1.29 is 19.0 Å². The predicted molar refractivity (Wildman–Crippen MR) is 110 cm³/mol. The lowest BCUT2D eigenvalue weighted by molar-refractivity contribution is 0.211. The molecular weight excluding hydrogens is 382 g/mol. The first kappa shape index (κ1) is 21.1. The first-order valence-electron chi connectivity index (χ1n) is 8.45. The highest BCUT2D eigenvalue weighted by Gasteiger charge is 2.07. The van der Waals surface area contributed by atoms with Crippen LogP contribution in [-0.2, 0) is 6.42 Å². The monoisotopic (exact) mass is 403 g/mol. The quantitative estimate of drug-likeness (QED) is 0.274. The number of carbonyl (C=O) groups is 1. The molecule has 0 atom stereocenters. The lowest BCUT2D eigenvalue weighted by Crippen LogP contribution is -2.24. The zero-order valence-corrected chi connectivity index (χ0v) is 16.2. The Morgan fingerprint density at radius 2 is 1.89 bits per heavy atom. The molecule has 0 aliphatic heterocycles. The molecule has 0 aliphatic carbocycles. The number of halogens is 1. The van der Waals surface area contributed by atoms with Crippen molar-refractivity contribution in [3.63, 3.8) is 0 Å². The van der Waals surface area contributed by atoms with Gasteiger partial charge in [-0.25, -0.2) is 10.2 Å². The summed E-state index contributed by atoms with van der Waals surface area (Å²) in [6.45, 7) is 4.31. The molecule has 2 aromatic carbocycles. The molecule has 2 amide bonds. The minimum absolute atomic E-state index is 0.281. The molecule has 0 heterocycles. The smallest absolute Gasteiger partial charge is 0.332 e. The molecule has 0 spiro atoms. The van der Waals surface area contributed by atoms with Gasteiger partial charge in [-0.1, -0.05) is 23.7 Å². The van der Waals surface area contributed by atoms with Crippen LogP contribution >= 0.6 is 11.6 Å². The first-order chi connectivity index (χ1) is 13.5. The number of amides is 2. The van der Waals surface area contributed by atoms with Crippen molar-refractivity contribution in [3.05, 3.63) is 65.2 Å². The highest BCUT2D eigenvalue weighted by Crippen LogP contribution is 2.28. The number of hydrogen-bond acceptors (Lipinski definition) is 5. The normalized spacial score (nSPS) is 10.5. The van der Waals surface area contributed by atoms with Gasteiger partial charge in [0.1, 0.15) is 19.0 Å². The molecule has 8 heteroatoms. The number of primary amides is 1. The summed E-state index contributed by atoms with van der Waals surface area (Å²) in [7, 11) is 1.59. The number of nitrogens with two attached hydrogens (primary N) is 1. The molecule has 0 unspecified atom stereocenters. The van der Waals surface area contributed by atoms with E-state index in [0.29, 0.717) is 34.4 Å². The van der Waals surface area contributed by atoms with Crippen LogP contribution in [0.1, 0.15) is 11.1 Å². The summed E-state index contributed by atoms with van der Waals surface area (Å²) < 4.78 is 16.9. The number of rotatable bonds is 10. The van der Waals surface area contributed by atoms with E-state index in [1.54, 1.807) is 25.3 Å². The maximum absolute atomic E-state index is 10.7. The second kappa shape index (κ2) is 10.8. The van der Waals surface area contributed by atoms with E-state index in [9.17, 15) is 4.79 Å². The molecule has 0 radical (unpaired) electrons. The molecule has 0 aromatic heterocycles. The van der Waals surface area contributed by atoms with Crippen LogP contribution in [0.3, 0.4) is 0 Å². The molecule has 0 fully saturated rings. The lowest BCUT2D eigenvalue weighted by atomic mass is 10.1. The van der Waals surface area contributed by atoms with E-state index in [0.717, 1.165) is 12.0 Å². The Bertz CT molecular complexity index is 855. The number of hydrazone groups is 1. The van der Waals surface area contributed by atoms with Crippen LogP contribution in [0.5, 0.6) is 17.2 Å².